The summed E-state index contributed by atoms with van der Waals surface area (Å²) in [5.74, 6) is 3.42. The Labute approximate surface area is 146 Å². The molecule has 0 N–H and O–H groups in total. The average Bonchev–Trinajstić information content (AvgIpc) is 3.23. The molecule has 0 saturated carbocycles. The van der Waals surface area contributed by atoms with E-state index in [0.717, 1.165) is 54.1 Å². The first-order valence-electron chi connectivity index (χ1n) is 8.51. The Morgan fingerprint density at radius 2 is 1.96 bits per heavy atom. The summed E-state index contributed by atoms with van der Waals surface area (Å²) in [6.07, 6.45) is 7.65. The number of aryl methyl sites for hydroxylation is 3. The normalized spacial score (nSPS) is 17.2. The van der Waals surface area contributed by atoms with Crippen molar-refractivity contribution in [1.29, 1.82) is 0 Å². The van der Waals surface area contributed by atoms with Gasteiger partial charge in [-0.2, -0.15) is 0 Å². The lowest BCUT2D eigenvalue weighted by Gasteiger charge is -2.25. The van der Waals surface area contributed by atoms with Crippen LogP contribution in [0.5, 0.6) is 0 Å². The molecule has 128 valence electrons. The lowest BCUT2D eigenvalue weighted by molar-refractivity contribution is 0.655. The van der Waals surface area contributed by atoms with Gasteiger partial charge in [-0.15, -0.1) is 0 Å². The van der Waals surface area contributed by atoms with E-state index in [9.17, 15) is 0 Å². The standard InChI is InChI=1S/C18H21N7/c1-12-11-14(18-20-8-10-24(18)3)23-17(21-12)15-5-4-9-25(15)16-6-7-19-13(2)22-16/h6-8,10-11,15H,4-5,9H2,1-3H3. The minimum Gasteiger partial charge on any atom is -0.346 e. The molecule has 1 aliphatic heterocycles. The van der Waals surface area contributed by atoms with Crippen molar-refractivity contribution >= 4 is 5.82 Å². The largest absolute Gasteiger partial charge is 0.346 e. The van der Waals surface area contributed by atoms with Crippen molar-refractivity contribution in [2.45, 2.75) is 32.7 Å². The summed E-state index contributed by atoms with van der Waals surface area (Å²) < 4.78 is 1.98. The van der Waals surface area contributed by atoms with Gasteiger partial charge in [-0.25, -0.2) is 24.9 Å². The van der Waals surface area contributed by atoms with Crippen molar-refractivity contribution in [3.63, 3.8) is 0 Å². The van der Waals surface area contributed by atoms with Crippen molar-refractivity contribution in [3.05, 3.63) is 48.1 Å². The summed E-state index contributed by atoms with van der Waals surface area (Å²) in [5.41, 5.74) is 1.81. The molecule has 0 spiro atoms. The molecule has 7 nitrogen and oxygen atoms in total. The van der Waals surface area contributed by atoms with Crippen molar-refractivity contribution < 1.29 is 0 Å². The van der Waals surface area contributed by atoms with Crippen LogP contribution in [0.1, 0.15) is 36.2 Å². The van der Waals surface area contributed by atoms with E-state index < -0.39 is 0 Å². The molecule has 7 heteroatoms. The molecule has 0 radical (unpaired) electrons. The Morgan fingerprint density at radius 1 is 1.08 bits per heavy atom. The number of imidazole rings is 1. The van der Waals surface area contributed by atoms with Crippen LogP contribution in [0.25, 0.3) is 11.5 Å². The van der Waals surface area contributed by atoms with Crippen LogP contribution in [-0.2, 0) is 7.05 Å². The third-order valence-corrected chi connectivity index (χ3v) is 4.53. The van der Waals surface area contributed by atoms with Gasteiger partial charge in [-0.3, -0.25) is 0 Å². The molecule has 25 heavy (non-hydrogen) atoms. The van der Waals surface area contributed by atoms with Crippen LogP contribution in [0.3, 0.4) is 0 Å². The number of anilines is 1. The van der Waals surface area contributed by atoms with Gasteiger partial charge in [0.05, 0.1) is 6.04 Å². The zero-order valence-electron chi connectivity index (χ0n) is 14.7. The highest BCUT2D eigenvalue weighted by molar-refractivity contribution is 5.51. The number of hydrogen-bond acceptors (Lipinski definition) is 6. The van der Waals surface area contributed by atoms with Crippen LogP contribution in [0.2, 0.25) is 0 Å². The van der Waals surface area contributed by atoms with E-state index in [2.05, 4.69) is 19.9 Å². The molecule has 0 amide bonds. The lowest BCUT2D eigenvalue weighted by atomic mass is 10.2. The van der Waals surface area contributed by atoms with Gasteiger partial charge in [-0.1, -0.05) is 0 Å². The summed E-state index contributed by atoms with van der Waals surface area (Å²) >= 11 is 0. The topological polar surface area (TPSA) is 72.6 Å². The quantitative estimate of drug-likeness (QED) is 0.732. The van der Waals surface area contributed by atoms with E-state index in [4.69, 9.17) is 9.97 Å². The highest BCUT2D eigenvalue weighted by atomic mass is 15.3. The van der Waals surface area contributed by atoms with Crippen LogP contribution in [0.15, 0.2) is 30.7 Å². The van der Waals surface area contributed by atoms with Gasteiger partial charge in [0, 0.05) is 37.9 Å². The zero-order chi connectivity index (χ0) is 17.4. The zero-order valence-corrected chi connectivity index (χ0v) is 14.7. The maximum Gasteiger partial charge on any atom is 0.158 e. The molecule has 1 saturated heterocycles. The number of aromatic nitrogens is 6. The molecule has 0 aromatic carbocycles. The van der Waals surface area contributed by atoms with Gasteiger partial charge in [0.1, 0.15) is 17.3 Å². The van der Waals surface area contributed by atoms with E-state index in [-0.39, 0.29) is 6.04 Å². The van der Waals surface area contributed by atoms with Gasteiger partial charge in [0.2, 0.25) is 0 Å². The third-order valence-electron chi connectivity index (χ3n) is 4.53. The average molecular weight is 335 g/mol. The fourth-order valence-electron chi connectivity index (χ4n) is 3.38. The Morgan fingerprint density at radius 3 is 2.72 bits per heavy atom. The van der Waals surface area contributed by atoms with Crippen LogP contribution in [-0.4, -0.2) is 36.0 Å². The smallest absolute Gasteiger partial charge is 0.158 e. The minimum atomic E-state index is 0.133. The molecule has 1 unspecified atom stereocenters. The SMILES string of the molecule is Cc1cc(-c2nccn2C)nc(C2CCCN2c2ccnc(C)n2)n1. The molecular weight excluding hydrogens is 314 g/mol. The Bertz CT molecular complexity index is 902. The highest BCUT2D eigenvalue weighted by Crippen LogP contribution is 2.34. The first kappa shape index (κ1) is 15.7. The van der Waals surface area contributed by atoms with E-state index >= 15 is 0 Å². The third kappa shape index (κ3) is 2.97. The van der Waals surface area contributed by atoms with Gasteiger partial charge >= 0.3 is 0 Å². The maximum atomic E-state index is 4.84. The van der Waals surface area contributed by atoms with Gasteiger partial charge in [-0.05, 0) is 38.8 Å². The Balaban J connectivity index is 1.73. The number of nitrogens with zero attached hydrogens (tertiary/aromatic N) is 7. The van der Waals surface area contributed by atoms with Crippen LogP contribution in [0, 0.1) is 13.8 Å². The minimum absolute atomic E-state index is 0.133. The molecule has 1 aliphatic rings. The first-order valence-corrected chi connectivity index (χ1v) is 8.51. The molecule has 4 rings (SSSR count). The molecule has 1 fully saturated rings. The first-order chi connectivity index (χ1) is 12.1. The molecule has 0 bridgehead atoms. The summed E-state index contributed by atoms with van der Waals surface area (Å²) in [5, 5.41) is 0. The van der Waals surface area contributed by atoms with Gasteiger partial charge in [0.15, 0.2) is 11.6 Å². The maximum absolute atomic E-state index is 4.84. The molecule has 0 aliphatic carbocycles. The summed E-state index contributed by atoms with van der Waals surface area (Å²) in [6.45, 7) is 4.87. The summed E-state index contributed by atoms with van der Waals surface area (Å²) in [4.78, 5) is 25.0. The van der Waals surface area contributed by atoms with Crippen molar-refractivity contribution in [2.75, 3.05) is 11.4 Å². The Kier molecular flexibility index (Phi) is 3.91. The second-order valence-electron chi connectivity index (χ2n) is 6.43. The monoisotopic (exact) mass is 335 g/mol. The molecule has 4 heterocycles. The fourth-order valence-corrected chi connectivity index (χ4v) is 3.38. The number of hydrogen-bond donors (Lipinski definition) is 0. The van der Waals surface area contributed by atoms with Gasteiger partial charge < -0.3 is 9.47 Å². The molecule has 3 aromatic heterocycles. The van der Waals surface area contributed by atoms with Crippen molar-refractivity contribution in [1.82, 2.24) is 29.5 Å². The number of rotatable bonds is 3. The van der Waals surface area contributed by atoms with Crippen LogP contribution >= 0.6 is 0 Å². The molecule has 3 aromatic rings. The van der Waals surface area contributed by atoms with E-state index in [0.29, 0.717) is 0 Å². The van der Waals surface area contributed by atoms with E-state index in [1.54, 1.807) is 6.20 Å². The molecule has 1 atom stereocenters. The second kappa shape index (κ2) is 6.23. The second-order valence-corrected chi connectivity index (χ2v) is 6.43. The van der Waals surface area contributed by atoms with Crippen molar-refractivity contribution in [3.8, 4) is 11.5 Å². The fraction of sp³-hybridized carbons (Fsp3) is 0.389. The summed E-state index contributed by atoms with van der Waals surface area (Å²) in [6, 6.07) is 4.08. The van der Waals surface area contributed by atoms with E-state index in [1.165, 1.54) is 0 Å². The highest BCUT2D eigenvalue weighted by Gasteiger charge is 2.30. The van der Waals surface area contributed by atoms with Crippen molar-refractivity contribution in [2.24, 2.45) is 7.05 Å². The van der Waals surface area contributed by atoms with Crippen LogP contribution in [0.4, 0.5) is 5.82 Å². The summed E-state index contributed by atoms with van der Waals surface area (Å²) in [7, 11) is 1.98. The van der Waals surface area contributed by atoms with Crippen LogP contribution < -0.4 is 4.90 Å². The molecular formula is C18H21N7. The predicted molar refractivity (Wildman–Crippen MR) is 95.1 cm³/mol. The Hall–Kier alpha value is -2.83. The van der Waals surface area contributed by atoms with E-state index in [1.807, 2.05) is 50.0 Å². The van der Waals surface area contributed by atoms with Gasteiger partial charge in [0.25, 0.3) is 0 Å². The predicted octanol–water partition coefficient (Wildman–Crippen LogP) is 2.63. The lowest BCUT2D eigenvalue weighted by Crippen LogP contribution is -2.25.